The third-order valence-corrected chi connectivity index (χ3v) is 6.27. The zero-order chi connectivity index (χ0) is 26.5. The maximum atomic E-state index is 14.4. The van der Waals surface area contributed by atoms with E-state index in [1.165, 1.54) is 22.9 Å². The summed E-state index contributed by atoms with van der Waals surface area (Å²) in [6, 6.07) is 9.83. The maximum Gasteiger partial charge on any atom is 0.419 e. The number of rotatable bonds is 6. The van der Waals surface area contributed by atoms with E-state index in [2.05, 4.69) is 29.7 Å². The molecule has 2 aromatic carbocycles. The molecule has 0 aliphatic heterocycles. The molecule has 0 amide bonds. The predicted molar refractivity (Wildman–Crippen MR) is 135 cm³/mol. The highest BCUT2D eigenvalue weighted by Crippen LogP contribution is 2.39. The zero-order valence-corrected chi connectivity index (χ0v) is 20.7. The summed E-state index contributed by atoms with van der Waals surface area (Å²) in [5.74, 6) is 0.325. The standard InChI is InChI=1S/C26H25F4N7/c1-15-32-21-12-16(8-9-22(21)37(15)11-10-35(2)3)33-25-31-13-19(26(28,29)30)23(34-25)18-14-36(4)24-17(18)6-5-7-20(24)27/h5-9,12-14H,10-11H2,1-4H3,(H,31,33,34). The third kappa shape index (κ3) is 4.62. The molecule has 3 aromatic heterocycles. The first-order valence-corrected chi connectivity index (χ1v) is 11.6. The van der Waals surface area contributed by atoms with E-state index < -0.39 is 17.6 Å². The maximum absolute atomic E-state index is 14.4. The van der Waals surface area contributed by atoms with Crippen LogP contribution in [0.2, 0.25) is 0 Å². The van der Waals surface area contributed by atoms with E-state index >= 15 is 0 Å². The van der Waals surface area contributed by atoms with Crippen molar-refractivity contribution in [2.75, 3.05) is 26.0 Å². The Morgan fingerprint density at radius 3 is 2.59 bits per heavy atom. The molecule has 192 valence electrons. The molecule has 0 aliphatic rings. The monoisotopic (exact) mass is 511 g/mol. The number of para-hydroxylation sites is 1. The zero-order valence-electron chi connectivity index (χ0n) is 20.7. The van der Waals surface area contributed by atoms with Crippen molar-refractivity contribution in [2.24, 2.45) is 7.05 Å². The molecule has 5 aromatic rings. The number of benzene rings is 2. The van der Waals surface area contributed by atoms with Gasteiger partial charge < -0.3 is 19.4 Å². The Kier molecular flexibility index (Phi) is 6.10. The number of hydrogen-bond donors (Lipinski definition) is 1. The number of hydrogen-bond acceptors (Lipinski definition) is 5. The van der Waals surface area contributed by atoms with Gasteiger partial charge in [0.25, 0.3) is 0 Å². The van der Waals surface area contributed by atoms with E-state index in [1.807, 2.05) is 39.2 Å². The van der Waals surface area contributed by atoms with Gasteiger partial charge in [-0.25, -0.2) is 19.3 Å². The summed E-state index contributed by atoms with van der Waals surface area (Å²) in [4.78, 5) is 14.9. The summed E-state index contributed by atoms with van der Waals surface area (Å²) >= 11 is 0. The lowest BCUT2D eigenvalue weighted by atomic mass is 10.1. The molecule has 0 saturated carbocycles. The highest BCUT2D eigenvalue weighted by atomic mass is 19.4. The topological polar surface area (TPSA) is 63.8 Å². The van der Waals surface area contributed by atoms with E-state index in [0.717, 1.165) is 36.1 Å². The Bertz CT molecular complexity index is 1620. The lowest BCUT2D eigenvalue weighted by Gasteiger charge is -2.14. The number of anilines is 2. The lowest BCUT2D eigenvalue weighted by molar-refractivity contribution is -0.137. The third-order valence-electron chi connectivity index (χ3n) is 6.27. The minimum absolute atomic E-state index is 0.0143. The Balaban J connectivity index is 1.55. The summed E-state index contributed by atoms with van der Waals surface area (Å²) < 4.78 is 59.7. The quantitative estimate of drug-likeness (QED) is 0.294. The van der Waals surface area contributed by atoms with Crippen LogP contribution in [0.1, 0.15) is 11.4 Å². The highest BCUT2D eigenvalue weighted by Gasteiger charge is 2.36. The molecule has 0 atom stereocenters. The first-order chi connectivity index (χ1) is 17.5. The summed E-state index contributed by atoms with van der Waals surface area (Å²) in [5, 5.41) is 3.33. The summed E-state index contributed by atoms with van der Waals surface area (Å²) in [6.45, 7) is 3.56. The van der Waals surface area contributed by atoms with Gasteiger partial charge in [0.2, 0.25) is 5.95 Å². The van der Waals surface area contributed by atoms with E-state index in [4.69, 9.17) is 0 Å². The van der Waals surface area contributed by atoms with Crippen LogP contribution in [0.25, 0.3) is 33.2 Å². The molecule has 7 nitrogen and oxygen atoms in total. The molecule has 0 aliphatic carbocycles. The summed E-state index contributed by atoms with van der Waals surface area (Å²) in [6.07, 6.45) is -2.50. The van der Waals surface area contributed by atoms with Crippen molar-refractivity contribution in [3.8, 4) is 11.3 Å². The van der Waals surface area contributed by atoms with Gasteiger partial charge in [0.15, 0.2) is 0 Å². The normalized spacial score (nSPS) is 12.2. The molecule has 0 unspecified atom stereocenters. The molecule has 3 heterocycles. The van der Waals surface area contributed by atoms with Crippen LogP contribution in [-0.4, -0.2) is 49.6 Å². The average Bonchev–Trinajstić information content (AvgIpc) is 3.33. The van der Waals surface area contributed by atoms with E-state index in [-0.39, 0.29) is 22.7 Å². The van der Waals surface area contributed by atoms with Gasteiger partial charge in [-0.1, -0.05) is 12.1 Å². The molecule has 11 heteroatoms. The molecule has 37 heavy (non-hydrogen) atoms. The number of nitrogens with one attached hydrogen (secondary N) is 1. The molecular formula is C26H25F4N7. The molecule has 0 spiro atoms. The van der Waals surface area contributed by atoms with Gasteiger partial charge in [-0.2, -0.15) is 13.2 Å². The van der Waals surface area contributed by atoms with Gasteiger partial charge in [0, 0.05) is 49.2 Å². The fourth-order valence-electron chi connectivity index (χ4n) is 4.50. The van der Waals surface area contributed by atoms with E-state index in [9.17, 15) is 17.6 Å². The Labute approximate surface area is 210 Å². The van der Waals surface area contributed by atoms with Crippen molar-refractivity contribution in [3.63, 3.8) is 0 Å². The molecule has 5 rings (SSSR count). The minimum Gasteiger partial charge on any atom is -0.347 e. The van der Waals surface area contributed by atoms with Crippen molar-refractivity contribution < 1.29 is 17.6 Å². The number of aryl methyl sites for hydroxylation is 2. The molecule has 1 N–H and O–H groups in total. The number of aromatic nitrogens is 5. The Morgan fingerprint density at radius 2 is 1.86 bits per heavy atom. The van der Waals surface area contributed by atoms with Crippen LogP contribution in [0.3, 0.4) is 0 Å². The molecule has 0 fully saturated rings. The highest BCUT2D eigenvalue weighted by molar-refractivity contribution is 5.96. The van der Waals surface area contributed by atoms with Crippen LogP contribution in [-0.2, 0) is 19.8 Å². The molecular weight excluding hydrogens is 486 g/mol. The van der Waals surface area contributed by atoms with E-state index in [0.29, 0.717) is 11.1 Å². The van der Waals surface area contributed by atoms with Crippen LogP contribution in [0, 0.1) is 12.7 Å². The first kappa shape index (κ1) is 24.7. The summed E-state index contributed by atoms with van der Waals surface area (Å²) in [7, 11) is 5.59. The fourth-order valence-corrected chi connectivity index (χ4v) is 4.50. The van der Waals surface area contributed by atoms with Crippen molar-refractivity contribution in [1.29, 1.82) is 0 Å². The molecule has 0 radical (unpaired) electrons. The smallest absolute Gasteiger partial charge is 0.347 e. The summed E-state index contributed by atoms with van der Waals surface area (Å²) in [5.41, 5.74) is 1.32. The number of halogens is 4. The lowest BCUT2D eigenvalue weighted by Crippen LogP contribution is -2.18. The van der Waals surface area contributed by atoms with Crippen molar-refractivity contribution >= 4 is 33.6 Å². The van der Waals surface area contributed by atoms with Crippen molar-refractivity contribution in [1.82, 2.24) is 29.0 Å². The number of nitrogens with zero attached hydrogens (tertiary/aromatic N) is 6. The largest absolute Gasteiger partial charge is 0.419 e. The van der Waals surface area contributed by atoms with Gasteiger partial charge in [-0.3, -0.25) is 0 Å². The van der Waals surface area contributed by atoms with Gasteiger partial charge in [-0.05, 0) is 45.3 Å². The van der Waals surface area contributed by atoms with E-state index in [1.54, 1.807) is 13.1 Å². The number of alkyl halides is 3. The SMILES string of the molecule is Cc1nc2cc(Nc3ncc(C(F)(F)F)c(-c4cn(C)c5c(F)cccc45)n3)ccc2n1CCN(C)C. The second kappa shape index (κ2) is 9.15. The first-order valence-electron chi connectivity index (χ1n) is 11.6. The molecule has 0 bridgehead atoms. The minimum atomic E-state index is -4.70. The van der Waals surface area contributed by atoms with Crippen LogP contribution in [0.5, 0.6) is 0 Å². The average molecular weight is 512 g/mol. The fraction of sp³-hybridized carbons (Fsp3) is 0.269. The second-order valence-corrected chi connectivity index (χ2v) is 9.19. The predicted octanol–water partition coefficient (Wildman–Crippen LogP) is 5.76. The number of imidazole rings is 1. The van der Waals surface area contributed by atoms with Crippen molar-refractivity contribution in [2.45, 2.75) is 19.6 Å². The van der Waals surface area contributed by atoms with Crippen LogP contribution >= 0.6 is 0 Å². The number of fused-ring (bicyclic) bond motifs is 2. The number of likely N-dealkylation sites (N-methyl/N-ethyl adjacent to an activating group) is 1. The Morgan fingerprint density at radius 1 is 1.08 bits per heavy atom. The van der Waals surface area contributed by atoms with Crippen molar-refractivity contribution in [3.05, 3.63) is 66.0 Å². The Hall–Kier alpha value is -3.99. The van der Waals surface area contributed by atoms with Gasteiger partial charge in [0.1, 0.15) is 17.2 Å². The van der Waals surface area contributed by atoms with Crippen LogP contribution < -0.4 is 5.32 Å². The van der Waals surface area contributed by atoms with Gasteiger partial charge in [0.05, 0.1) is 22.2 Å². The molecule has 0 saturated heterocycles. The van der Waals surface area contributed by atoms with Crippen LogP contribution in [0.4, 0.5) is 29.2 Å². The second-order valence-electron chi connectivity index (χ2n) is 9.19. The van der Waals surface area contributed by atoms with Gasteiger partial charge in [-0.15, -0.1) is 0 Å². The van der Waals surface area contributed by atoms with Gasteiger partial charge >= 0.3 is 6.18 Å². The van der Waals surface area contributed by atoms with Crippen LogP contribution in [0.15, 0.2) is 48.8 Å².